The maximum absolute atomic E-state index is 14.2. The van der Waals surface area contributed by atoms with E-state index in [-0.39, 0.29) is 31.1 Å². The molecular formula is C23H28ClFN6O2. The standard InChI is InChI=1S/C23H27FN6O2.ClH/c1-2-5-20(29-12-10-28(11-13-29)19-7-4-3-6-18(19)24)23-25-26-27-30(23)15-17-8-9-21-22(14-17)32-16-31-21;/h3-4,6-9,14,20H,2,5,10-13,15-16H2,1H3;1H. The van der Waals surface area contributed by atoms with Crippen LogP contribution in [-0.4, -0.2) is 58.1 Å². The number of nitrogens with zero attached hydrogens (tertiary/aromatic N) is 6. The maximum Gasteiger partial charge on any atom is 0.231 e. The molecular weight excluding hydrogens is 447 g/mol. The number of halogens is 2. The van der Waals surface area contributed by atoms with Crippen LogP contribution < -0.4 is 14.4 Å². The number of rotatable bonds is 7. The lowest BCUT2D eigenvalue weighted by Crippen LogP contribution is -2.48. The molecule has 1 fully saturated rings. The zero-order valence-electron chi connectivity index (χ0n) is 18.6. The molecule has 0 saturated carbocycles. The topological polar surface area (TPSA) is 68.5 Å². The van der Waals surface area contributed by atoms with Gasteiger partial charge in [-0.1, -0.05) is 31.5 Å². The van der Waals surface area contributed by atoms with Crippen molar-refractivity contribution in [3.05, 3.63) is 59.7 Å². The third kappa shape index (κ3) is 4.89. The predicted molar refractivity (Wildman–Crippen MR) is 125 cm³/mol. The summed E-state index contributed by atoms with van der Waals surface area (Å²) in [6.45, 7) is 6.19. The van der Waals surface area contributed by atoms with Crippen LogP contribution in [0.15, 0.2) is 42.5 Å². The molecule has 3 heterocycles. The van der Waals surface area contributed by atoms with Crippen LogP contribution in [0.1, 0.15) is 37.2 Å². The Bertz CT molecular complexity index is 1070. The van der Waals surface area contributed by atoms with E-state index in [1.54, 1.807) is 6.07 Å². The van der Waals surface area contributed by atoms with Gasteiger partial charge in [0.25, 0.3) is 0 Å². The first-order valence-electron chi connectivity index (χ1n) is 11.1. The molecule has 0 aliphatic carbocycles. The van der Waals surface area contributed by atoms with E-state index >= 15 is 0 Å². The molecule has 2 aliphatic heterocycles. The van der Waals surface area contributed by atoms with Crippen LogP contribution in [0.25, 0.3) is 0 Å². The Morgan fingerprint density at radius 3 is 2.61 bits per heavy atom. The largest absolute Gasteiger partial charge is 0.454 e. The van der Waals surface area contributed by atoms with E-state index in [1.165, 1.54) is 6.07 Å². The average molecular weight is 475 g/mol. The summed E-state index contributed by atoms with van der Waals surface area (Å²) in [5.41, 5.74) is 1.73. The molecule has 0 radical (unpaired) electrons. The van der Waals surface area contributed by atoms with Gasteiger partial charge in [-0.2, -0.15) is 0 Å². The third-order valence-electron chi connectivity index (χ3n) is 6.14. The van der Waals surface area contributed by atoms with Crippen molar-refractivity contribution >= 4 is 18.1 Å². The highest BCUT2D eigenvalue weighted by atomic mass is 35.5. The van der Waals surface area contributed by atoms with Gasteiger partial charge in [0.1, 0.15) is 5.82 Å². The molecule has 2 aromatic carbocycles. The summed E-state index contributed by atoms with van der Waals surface area (Å²) in [7, 11) is 0. The molecule has 1 unspecified atom stereocenters. The van der Waals surface area contributed by atoms with Crippen LogP contribution in [0.2, 0.25) is 0 Å². The lowest BCUT2D eigenvalue weighted by molar-refractivity contribution is 0.164. The van der Waals surface area contributed by atoms with E-state index < -0.39 is 0 Å². The van der Waals surface area contributed by atoms with Gasteiger partial charge in [-0.15, -0.1) is 17.5 Å². The van der Waals surface area contributed by atoms with Crippen molar-refractivity contribution in [1.82, 2.24) is 25.1 Å². The van der Waals surface area contributed by atoms with Crippen LogP contribution in [0.4, 0.5) is 10.1 Å². The van der Waals surface area contributed by atoms with Gasteiger partial charge >= 0.3 is 0 Å². The molecule has 0 spiro atoms. The summed E-state index contributed by atoms with van der Waals surface area (Å²) in [4.78, 5) is 4.53. The predicted octanol–water partition coefficient (Wildman–Crippen LogP) is 3.67. The number of tetrazole rings is 1. The molecule has 1 saturated heterocycles. The smallest absolute Gasteiger partial charge is 0.231 e. The van der Waals surface area contributed by atoms with Crippen LogP contribution in [-0.2, 0) is 6.54 Å². The molecule has 33 heavy (non-hydrogen) atoms. The van der Waals surface area contributed by atoms with Crippen LogP contribution >= 0.6 is 12.4 Å². The van der Waals surface area contributed by atoms with E-state index in [2.05, 4.69) is 32.2 Å². The SMILES string of the molecule is CCCC(c1nnnn1Cc1ccc2c(c1)OCO2)N1CCN(c2ccccc2F)CC1.Cl. The van der Waals surface area contributed by atoms with Crippen LogP contribution in [0.3, 0.4) is 0 Å². The van der Waals surface area contributed by atoms with E-state index in [4.69, 9.17) is 9.47 Å². The Labute approximate surface area is 198 Å². The Morgan fingerprint density at radius 2 is 1.82 bits per heavy atom. The number of fused-ring (bicyclic) bond motifs is 1. The molecule has 1 aromatic heterocycles. The summed E-state index contributed by atoms with van der Waals surface area (Å²) in [5.74, 6) is 2.22. The number of ether oxygens (including phenoxy) is 2. The van der Waals surface area contributed by atoms with E-state index in [0.29, 0.717) is 12.2 Å². The van der Waals surface area contributed by atoms with Crippen LogP contribution in [0.5, 0.6) is 11.5 Å². The highest BCUT2D eigenvalue weighted by Crippen LogP contribution is 2.33. The molecule has 0 amide bonds. The number of para-hydroxylation sites is 1. The van der Waals surface area contributed by atoms with Crippen molar-refractivity contribution in [2.75, 3.05) is 37.9 Å². The molecule has 5 rings (SSSR count). The van der Waals surface area contributed by atoms with Crippen molar-refractivity contribution in [1.29, 1.82) is 0 Å². The van der Waals surface area contributed by atoms with E-state index in [0.717, 1.165) is 61.9 Å². The average Bonchev–Trinajstić information content (AvgIpc) is 3.47. The molecule has 8 nitrogen and oxygen atoms in total. The number of aromatic nitrogens is 4. The summed E-state index contributed by atoms with van der Waals surface area (Å²) in [6, 6.07) is 13.0. The van der Waals surface area contributed by atoms with Gasteiger partial charge in [-0.25, -0.2) is 9.07 Å². The highest BCUT2D eigenvalue weighted by molar-refractivity contribution is 5.85. The van der Waals surface area contributed by atoms with E-state index in [9.17, 15) is 4.39 Å². The fourth-order valence-corrected chi connectivity index (χ4v) is 4.51. The Hall–Kier alpha value is -2.91. The molecule has 176 valence electrons. The van der Waals surface area contributed by atoms with Gasteiger partial charge in [0.15, 0.2) is 17.3 Å². The number of hydrogen-bond donors (Lipinski definition) is 0. The van der Waals surface area contributed by atoms with Gasteiger partial charge < -0.3 is 14.4 Å². The Kier molecular flexibility index (Phi) is 7.29. The van der Waals surface area contributed by atoms with Crippen molar-refractivity contribution in [2.45, 2.75) is 32.4 Å². The molecule has 1 atom stereocenters. The second-order valence-corrected chi connectivity index (χ2v) is 8.16. The summed E-state index contributed by atoms with van der Waals surface area (Å²) in [5, 5.41) is 12.7. The first-order valence-corrected chi connectivity index (χ1v) is 11.1. The lowest BCUT2D eigenvalue weighted by Gasteiger charge is -2.39. The van der Waals surface area contributed by atoms with Gasteiger partial charge in [0.2, 0.25) is 6.79 Å². The molecule has 2 aliphatic rings. The summed E-state index contributed by atoms with van der Waals surface area (Å²) in [6.07, 6.45) is 1.98. The van der Waals surface area contributed by atoms with Gasteiger partial charge in [-0.3, -0.25) is 4.90 Å². The van der Waals surface area contributed by atoms with Crippen molar-refractivity contribution in [2.24, 2.45) is 0 Å². The highest BCUT2D eigenvalue weighted by Gasteiger charge is 2.29. The minimum atomic E-state index is -0.168. The zero-order chi connectivity index (χ0) is 21.9. The number of benzene rings is 2. The normalized spacial score (nSPS) is 16.5. The van der Waals surface area contributed by atoms with Crippen molar-refractivity contribution in [3.63, 3.8) is 0 Å². The van der Waals surface area contributed by atoms with Gasteiger partial charge in [0.05, 0.1) is 18.3 Å². The maximum atomic E-state index is 14.2. The number of piperazine rings is 1. The van der Waals surface area contributed by atoms with Crippen molar-refractivity contribution < 1.29 is 13.9 Å². The minimum Gasteiger partial charge on any atom is -0.454 e. The second-order valence-electron chi connectivity index (χ2n) is 8.16. The molecule has 3 aromatic rings. The molecule has 0 bridgehead atoms. The zero-order valence-corrected chi connectivity index (χ0v) is 19.4. The first kappa shape index (κ1) is 23.3. The lowest BCUT2D eigenvalue weighted by atomic mass is 10.1. The van der Waals surface area contributed by atoms with Gasteiger partial charge in [0, 0.05) is 26.2 Å². The summed E-state index contributed by atoms with van der Waals surface area (Å²) >= 11 is 0. The molecule has 10 heteroatoms. The minimum absolute atomic E-state index is 0. The Balaban J connectivity index is 0.00000259. The molecule has 0 N–H and O–H groups in total. The number of hydrogen-bond acceptors (Lipinski definition) is 7. The quantitative estimate of drug-likeness (QED) is 0.517. The Morgan fingerprint density at radius 1 is 1.03 bits per heavy atom. The fourth-order valence-electron chi connectivity index (χ4n) is 4.51. The number of anilines is 1. The van der Waals surface area contributed by atoms with Gasteiger partial charge in [-0.05, 0) is 46.7 Å². The third-order valence-corrected chi connectivity index (χ3v) is 6.14. The van der Waals surface area contributed by atoms with Crippen molar-refractivity contribution in [3.8, 4) is 11.5 Å². The van der Waals surface area contributed by atoms with Crippen LogP contribution in [0, 0.1) is 5.82 Å². The first-order chi connectivity index (χ1) is 15.7. The second kappa shape index (κ2) is 10.4. The summed E-state index contributed by atoms with van der Waals surface area (Å²) < 4.78 is 27.0. The van der Waals surface area contributed by atoms with E-state index in [1.807, 2.05) is 35.0 Å². The fraction of sp³-hybridized carbons (Fsp3) is 0.435. The monoisotopic (exact) mass is 474 g/mol.